The van der Waals surface area contributed by atoms with Crippen molar-refractivity contribution in [2.45, 2.75) is 12.7 Å². The molecule has 1 N–H and O–H groups in total. The molecule has 148 valence electrons. The highest BCUT2D eigenvalue weighted by atomic mass is 35.5. The van der Waals surface area contributed by atoms with Crippen molar-refractivity contribution in [1.82, 2.24) is 18.7 Å². The molecule has 0 spiro atoms. The van der Waals surface area contributed by atoms with Crippen LogP contribution in [0.25, 0.3) is 11.2 Å². The molecule has 0 radical (unpaired) electrons. The van der Waals surface area contributed by atoms with E-state index >= 15 is 0 Å². The van der Waals surface area contributed by atoms with Crippen molar-refractivity contribution in [3.05, 3.63) is 56.0 Å². The van der Waals surface area contributed by atoms with E-state index in [1.807, 2.05) is 0 Å². The van der Waals surface area contributed by atoms with Crippen molar-refractivity contribution in [3.63, 3.8) is 0 Å². The van der Waals surface area contributed by atoms with Crippen LogP contribution in [0.5, 0.6) is 0 Å². The van der Waals surface area contributed by atoms with Crippen LogP contribution in [0.2, 0.25) is 5.28 Å². The second-order valence-electron chi connectivity index (χ2n) is 5.97. The number of hydrogen-bond acceptors (Lipinski definition) is 4. The Kier molecular flexibility index (Phi) is 4.79. The Bertz CT molecular complexity index is 1190. The number of aryl methyl sites for hydroxylation is 1. The van der Waals surface area contributed by atoms with Crippen LogP contribution in [0.4, 0.5) is 18.9 Å². The number of nitrogens with one attached hydrogen (secondary N) is 1. The zero-order valence-corrected chi connectivity index (χ0v) is 15.3. The zero-order chi connectivity index (χ0) is 20.8. The standard InChI is InChI=1S/C16H13ClF3N5O3/c1-23-12-11(13(27)24(2)15(23)28)25(14(17)22-12)7-10(26)21-9-5-3-8(4-6-9)16(18,19)20/h3-6H,7H2,1-2H3,(H,21,26). The summed E-state index contributed by atoms with van der Waals surface area (Å²) < 4.78 is 40.9. The average Bonchev–Trinajstić information content (AvgIpc) is 2.94. The number of carbonyl (C=O) groups excluding carboxylic acids is 1. The molecule has 3 rings (SSSR count). The Hall–Kier alpha value is -3.08. The maximum absolute atomic E-state index is 12.6. The van der Waals surface area contributed by atoms with Crippen molar-refractivity contribution < 1.29 is 18.0 Å². The first-order chi connectivity index (χ1) is 13.0. The van der Waals surface area contributed by atoms with Gasteiger partial charge in [-0.2, -0.15) is 18.2 Å². The van der Waals surface area contributed by atoms with Crippen LogP contribution >= 0.6 is 11.6 Å². The van der Waals surface area contributed by atoms with Gasteiger partial charge in [0.25, 0.3) is 5.56 Å². The summed E-state index contributed by atoms with van der Waals surface area (Å²) in [6, 6.07) is 3.88. The predicted octanol–water partition coefficient (Wildman–Crippen LogP) is 1.74. The Labute approximate surface area is 159 Å². The van der Waals surface area contributed by atoms with E-state index in [4.69, 9.17) is 11.6 Å². The molecule has 0 saturated heterocycles. The van der Waals surface area contributed by atoms with Gasteiger partial charge in [0.2, 0.25) is 11.2 Å². The first kappa shape index (κ1) is 19.7. The van der Waals surface area contributed by atoms with Crippen LogP contribution in [0.1, 0.15) is 5.56 Å². The monoisotopic (exact) mass is 415 g/mol. The van der Waals surface area contributed by atoms with Crippen LogP contribution < -0.4 is 16.6 Å². The largest absolute Gasteiger partial charge is 0.416 e. The summed E-state index contributed by atoms with van der Waals surface area (Å²) in [6.45, 7) is -0.427. The molecule has 12 heteroatoms. The number of hydrogen-bond donors (Lipinski definition) is 1. The van der Waals surface area contributed by atoms with Gasteiger partial charge in [-0.25, -0.2) is 4.79 Å². The number of aromatic nitrogens is 4. The Morgan fingerprint density at radius 1 is 1.14 bits per heavy atom. The normalized spacial score (nSPS) is 11.8. The van der Waals surface area contributed by atoms with Crippen LogP contribution in [0.15, 0.2) is 33.9 Å². The maximum Gasteiger partial charge on any atom is 0.416 e. The predicted molar refractivity (Wildman–Crippen MR) is 95.3 cm³/mol. The number of anilines is 1. The summed E-state index contributed by atoms with van der Waals surface area (Å²) in [7, 11) is 2.68. The number of carbonyl (C=O) groups is 1. The fraction of sp³-hybridized carbons (Fsp3) is 0.250. The molecule has 1 aromatic carbocycles. The van der Waals surface area contributed by atoms with Crippen molar-refractivity contribution in [1.29, 1.82) is 0 Å². The number of fused-ring (bicyclic) bond motifs is 1. The molecule has 0 fully saturated rings. The fourth-order valence-electron chi connectivity index (χ4n) is 2.65. The number of amides is 1. The Morgan fingerprint density at radius 3 is 2.32 bits per heavy atom. The van der Waals surface area contributed by atoms with Crippen molar-refractivity contribution >= 4 is 34.4 Å². The van der Waals surface area contributed by atoms with Gasteiger partial charge in [-0.05, 0) is 35.9 Å². The quantitative estimate of drug-likeness (QED) is 0.660. The summed E-state index contributed by atoms with van der Waals surface area (Å²) in [5, 5.41) is 2.24. The van der Waals surface area contributed by atoms with Gasteiger partial charge >= 0.3 is 11.9 Å². The summed E-state index contributed by atoms with van der Waals surface area (Å²) in [6.07, 6.45) is -4.48. The lowest BCUT2D eigenvalue weighted by Gasteiger charge is -2.10. The molecule has 0 aliphatic carbocycles. The van der Waals surface area contributed by atoms with E-state index < -0.39 is 35.4 Å². The average molecular weight is 416 g/mol. The molecule has 0 unspecified atom stereocenters. The van der Waals surface area contributed by atoms with E-state index in [1.54, 1.807) is 0 Å². The van der Waals surface area contributed by atoms with Crippen molar-refractivity contribution in [2.24, 2.45) is 14.1 Å². The highest BCUT2D eigenvalue weighted by molar-refractivity contribution is 6.29. The Morgan fingerprint density at radius 2 is 1.75 bits per heavy atom. The molecule has 0 saturated carbocycles. The Balaban J connectivity index is 1.91. The van der Waals surface area contributed by atoms with Gasteiger partial charge in [-0.3, -0.25) is 23.3 Å². The second-order valence-corrected chi connectivity index (χ2v) is 6.31. The second kappa shape index (κ2) is 6.82. The fourth-order valence-corrected chi connectivity index (χ4v) is 2.88. The first-order valence-electron chi connectivity index (χ1n) is 7.79. The van der Waals surface area contributed by atoms with E-state index in [2.05, 4.69) is 10.3 Å². The summed E-state index contributed by atoms with van der Waals surface area (Å²) >= 11 is 6.02. The van der Waals surface area contributed by atoms with E-state index in [9.17, 15) is 27.6 Å². The molecule has 1 amide bonds. The van der Waals surface area contributed by atoms with Gasteiger partial charge in [-0.1, -0.05) is 0 Å². The topological polar surface area (TPSA) is 90.9 Å². The number of alkyl halides is 3. The minimum absolute atomic E-state index is 0.0143. The highest BCUT2D eigenvalue weighted by Gasteiger charge is 2.30. The third-order valence-corrected chi connectivity index (χ3v) is 4.39. The first-order valence-corrected chi connectivity index (χ1v) is 8.17. The van der Waals surface area contributed by atoms with Crippen LogP contribution in [0, 0.1) is 0 Å². The van der Waals surface area contributed by atoms with E-state index in [1.165, 1.54) is 14.1 Å². The maximum atomic E-state index is 12.6. The van der Waals surface area contributed by atoms with E-state index in [0.29, 0.717) is 0 Å². The van der Waals surface area contributed by atoms with Crippen molar-refractivity contribution in [2.75, 3.05) is 5.32 Å². The number of halogens is 4. The van der Waals surface area contributed by atoms with Crippen LogP contribution in [0.3, 0.4) is 0 Å². The highest BCUT2D eigenvalue weighted by Crippen LogP contribution is 2.29. The minimum Gasteiger partial charge on any atom is -0.325 e. The van der Waals surface area contributed by atoms with Gasteiger partial charge in [0, 0.05) is 19.8 Å². The molecule has 3 aromatic rings. The van der Waals surface area contributed by atoms with Gasteiger partial charge in [-0.15, -0.1) is 0 Å². The van der Waals surface area contributed by atoms with Gasteiger partial charge < -0.3 is 5.32 Å². The number of rotatable bonds is 3. The van der Waals surface area contributed by atoms with E-state index in [-0.39, 0.29) is 22.1 Å². The molecule has 0 aliphatic rings. The molecule has 2 aromatic heterocycles. The number of benzene rings is 1. The third-order valence-electron chi connectivity index (χ3n) is 4.10. The van der Waals surface area contributed by atoms with Crippen LogP contribution in [-0.4, -0.2) is 24.6 Å². The lowest BCUT2D eigenvalue weighted by Crippen LogP contribution is -2.37. The molecule has 0 atom stereocenters. The van der Waals surface area contributed by atoms with Gasteiger partial charge in [0.1, 0.15) is 6.54 Å². The number of nitrogens with zero attached hydrogens (tertiary/aromatic N) is 4. The SMILES string of the molecule is Cn1c(=O)c2c(nc(Cl)n2CC(=O)Nc2ccc(C(F)(F)F)cc2)n(C)c1=O. The molecule has 8 nitrogen and oxygen atoms in total. The summed E-state index contributed by atoms with van der Waals surface area (Å²) in [4.78, 5) is 40.6. The van der Waals surface area contributed by atoms with E-state index in [0.717, 1.165) is 38.0 Å². The van der Waals surface area contributed by atoms with Gasteiger partial charge in [0.15, 0.2) is 11.2 Å². The molecule has 0 bridgehead atoms. The van der Waals surface area contributed by atoms with Crippen LogP contribution in [-0.2, 0) is 31.6 Å². The summed E-state index contributed by atoms with van der Waals surface area (Å²) in [5.74, 6) is -0.642. The number of imidazole rings is 1. The summed E-state index contributed by atoms with van der Waals surface area (Å²) in [5.41, 5.74) is -2.03. The lowest BCUT2D eigenvalue weighted by molar-refractivity contribution is -0.137. The molecule has 0 aliphatic heterocycles. The molecule has 2 heterocycles. The zero-order valence-electron chi connectivity index (χ0n) is 14.5. The van der Waals surface area contributed by atoms with Gasteiger partial charge in [0.05, 0.1) is 5.56 Å². The smallest absolute Gasteiger partial charge is 0.325 e. The molecular formula is C16H13ClF3N5O3. The van der Waals surface area contributed by atoms with Crippen molar-refractivity contribution in [3.8, 4) is 0 Å². The lowest BCUT2D eigenvalue weighted by atomic mass is 10.2. The molecule has 28 heavy (non-hydrogen) atoms. The molecular weight excluding hydrogens is 403 g/mol. The third kappa shape index (κ3) is 3.40. The minimum atomic E-state index is -4.48.